The van der Waals surface area contributed by atoms with Gasteiger partial charge in [0.2, 0.25) is 5.91 Å². The van der Waals surface area contributed by atoms with E-state index < -0.39 is 0 Å². The molecule has 1 heterocycles. The Hall–Kier alpha value is -0.610. The van der Waals surface area contributed by atoms with Gasteiger partial charge in [-0.1, -0.05) is 0 Å². The van der Waals surface area contributed by atoms with Crippen LogP contribution in [0.3, 0.4) is 0 Å². The van der Waals surface area contributed by atoms with Crippen LogP contribution >= 0.6 is 0 Å². The Kier molecular flexibility index (Phi) is 3.89. The number of hydrogen-bond acceptors (Lipinski definition) is 3. The minimum atomic E-state index is 0.208. The zero-order chi connectivity index (χ0) is 10.7. The molecule has 1 aliphatic rings. The summed E-state index contributed by atoms with van der Waals surface area (Å²) in [5.41, 5.74) is 5.64. The molecule has 2 atom stereocenters. The zero-order valence-corrected chi connectivity index (χ0v) is 9.36. The van der Waals surface area contributed by atoms with Gasteiger partial charge in [-0.2, -0.15) is 0 Å². The average molecular weight is 199 g/mol. The highest BCUT2D eigenvalue weighted by molar-refractivity contribution is 5.76. The smallest absolute Gasteiger partial charge is 0.223 e. The molecule has 1 fully saturated rings. The summed E-state index contributed by atoms with van der Waals surface area (Å²) in [6.45, 7) is 0.698. The maximum atomic E-state index is 11.5. The van der Waals surface area contributed by atoms with Crippen molar-refractivity contribution in [2.24, 2.45) is 5.73 Å². The van der Waals surface area contributed by atoms with Crippen LogP contribution in [0.1, 0.15) is 19.3 Å². The first kappa shape index (κ1) is 11.5. The number of carbonyl (C=O) groups is 1. The molecule has 14 heavy (non-hydrogen) atoms. The van der Waals surface area contributed by atoms with Crippen LogP contribution in [0.5, 0.6) is 0 Å². The molecule has 0 aromatic heterocycles. The highest BCUT2D eigenvalue weighted by atomic mass is 16.2. The number of hydrogen-bond donors (Lipinski definition) is 1. The third kappa shape index (κ3) is 2.45. The maximum absolute atomic E-state index is 11.5. The second-order valence-electron chi connectivity index (χ2n) is 4.28. The monoisotopic (exact) mass is 199 g/mol. The van der Waals surface area contributed by atoms with Crippen LogP contribution in [-0.4, -0.2) is 55.5 Å². The molecule has 0 radical (unpaired) electrons. The minimum Gasteiger partial charge on any atom is -0.349 e. The van der Waals surface area contributed by atoms with E-state index in [-0.39, 0.29) is 5.91 Å². The van der Waals surface area contributed by atoms with E-state index in [0.717, 1.165) is 12.8 Å². The van der Waals surface area contributed by atoms with E-state index in [1.807, 2.05) is 0 Å². The van der Waals surface area contributed by atoms with E-state index in [2.05, 4.69) is 11.9 Å². The lowest BCUT2D eigenvalue weighted by Gasteiger charge is -2.25. The predicted octanol–water partition coefficient (Wildman–Crippen LogP) is -0.114. The fraction of sp³-hybridized carbons (Fsp3) is 0.900. The van der Waals surface area contributed by atoms with Crippen LogP contribution in [-0.2, 0) is 4.79 Å². The molecular weight excluding hydrogens is 178 g/mol. The molecular formula is C10H21N3O. The van der Waals surface area contributed by atoms with E-state index in [0.29, 0.717) is 25.0 Å². The Morgan fingerprint density at radius 1 is 1.43 bits per heavy atom. The Labute approximate surface area is 86.0 Å². The van der Waals surface area contributed by atoms with E-state index in [4.69, 9.17) is 5.73 Å². The molecule has 0 saturated carbocycles. The number of amides is 1. The van der Waals surface area contributed by atoms with Crippen LogP contribution < -0.4 is 5.73 Å². The fourth-order valence-corrected chi connectivity index (χ4v) is 2.00. The summed E-state index contributed by atoms with van der Waals surface area (Å²) in [4.78, 5) is 15.4. The summed E-state index contributed by atoms with van der Waals surface area (Å²) in [5.74, 6) is 0.208. The standard InChI is InChI=1S/C10H21N3O/c1-12(2)10(14)6-8-4-5-9(7-11)13(8)3/h8-9H,4-7,11H2,1-3H3/t8-,9+/m1/s1. The molecule has 4 heteroatoms. The number of nitrogens with two attached hydrogens (primary N) is 1. The maximum Gasteiger partial charge on any atom is 0.223 e. The van der Waals surface area contributed by atoms with Gasteiger partial charge in [0, 0.05) is 39.1 Å². The van der Waals surface area contributed by atoms with E-state index >= 15 is 0 Å². The van der Waals surface area contributed by atoms with E-state index in [1.165, 1.54) is 0 Å². The average Bonchev–Trinajstić information content (AvgIpc) is 2.47. The highest BCUT2D eigenvalue weighted by Crippen LogP contribution is 2.23. The lowest BCUT2D eigenvalue weighted by atomic mass is 10.1. The van der Waals surface area contributed by atoms with Gasteiger partial charge in [0.05, 0.1) is 0 Å². The Bertz CT molecular complexity index is 206. The second kappa shape index (κ2) is 4.75. The molecule has 0 bridgehead atoms. The third-order valence-electron chi connectivity index (χ3n) is 3.17. The summed E-state index contributed by atoms with van der Waals surface area (Å²) in [6, 6.07) is 0.855. The van der Waals surface area contributed by atoms with Crippen molar-refractivity contribution in [1.29, 1.82) is 0 Å². The molecule has 1 amide bonds. The predicted molar refractivity (Wildman–Crippen MR) is 56.9 cm³/mol. The minimum absolute atomic E-state index is 0.208. The van der Waals surface area contributed by atoms with E-state index in [9.17, 15) is 4.79 Å². The van der Waals surface area contributed by atoms with Crippen molar-refractivity contribution in [3.8, 4) is 0 Å². The molecule has 2 N–H and O–H groups in total. The van der Waals surface area contributed by atoms with Gasteiger partial charge in [0.1, 0.15) is 0 Å². The normalized spacial score (nSPS) is 28.0. The van der Waals surface area contributed by atoms with Crippen LogP contribution in [0, 0.1) is 0 Å². The van der Waals surface area contributed by atoms with Gasteiger partial charge in [0.15, 0.2) is 0 Å². The number of likely N-dealkylation sites (tertiary alicyclic amines) is 1. The fourth-order valence-electron chi connectivity index (χ4n) is 2.00. The summed E-state index contributed by atoms with van der Waals surface area (Å²) in [5, 5.41) is 0. The molecule has 82 valence electrons. The molecule has 0 spiro atoms. The van der Waals surface area contributed by atoms with Gasteiger partial charge in [0.25, 0.3) is 0 Å². The van der Waals surface area contributed by atoms with Gasteiger partial charge in [-0.25, -0.2) is 0 Å². The summed E-state index contributed by atoms with van der Waals surface area (Å²) in [6.07, 6.45) is 2.84. The second-order valence-corrected chi connectivity index (χ2v) is 4.28. The lowest BCUT2D eigenvalue weighted by molar-refractivity contribution is -0.129. The van der Waals surface area contributed by atoms with Gasteiger partial charge < -0.3 is 10.6 Å². The summed E-state index contributed by atoms with van der Waals surface area (Å²) >= 11 is 0. The number of likely N-dealkylation sites (N-methyl/N-ethyl adjacent to an activating group) is 1. The molecule has 0 unspecified atom stereocenters. The van der Waals surface area contributed by atoms with Crippen molar-refractivity contribution in [3.05, 3.63) is 0 Å². The topological polar surface area (TPSA) is 49.6 Å². The number of carbonyl (C=O) groups excluding carboxylic acids is 1. The molecule has 0 aliphatic carbocycles. The van der Waals surface area contributed by atoms with Crippen molar-refractivity contribution in [1.82, 2.24) is 9.80 Å². The third-order valence-corrected chi connectivity index (χ3v) is 3.17. The molecule has 0 aromatic rings. The van der Waals surface area contributed by atoms with Crippen LogP contribution in [0.4, 0.5) is 0 Å². The summed E-state index contributed by atoms with van der Waals surface area (Å²) in [7, 11) is 5.67. The van der Waals surface area contributed by atoms with Crippen LogP contribution in [0.15, 0.2) is 0 Å². The number of nitrogens with zero attached hydrogens (tertiary/aromatic N) is 2. The first-order valence-electron chi connectivity index (χ1n) is 5.18. The van der Waals surface area contributed by atoms with Crippen LogP contribution in [0.25, 0.3) is 0 Å². The van der Waals surface area contributed by atoms with Gasteiger partial charge in [-0.05, 0) is 19.9 Å². The molecule has 4 nitrogen and oxygen atoms in total. The quantitative estimate of drug-likeness (QED) is 0.690. The van der Waals surface area contributed by atoms with Gasteiger partial charge in [-0.15, -0.1) is 0 Å². The Morgan fingerprint density at radius 3 is 2.43 bits per heavy atom. The molecule has 0 aromatic carbocycles. The molecule has 1 aliphatic heterocycles. The number of rotatable bonds is 3. The van der Waals surface area contributed by atoms with Crippen molar-refractivity contribution < 1.29 is 4.79 Å². The molecule has 1 saturated heterocycles. The largest absolute Gasteiger partial charge is 0.349 e. The van der Waals surface area contributed by atoms with Crippen molar-refractivity contribution in [3.63, 3.8) is 0 Å². The van der Waals surface area contributed by atoms with Crippen LogP contribution in [0.2, 0.25) is 0 Å². The van der Waals surface area contributed by atoms with E-state index in [1.54, 1.807) is 19.0 Å². The lowest BCUT2D eigenvalue weighted by Crippen LogP contribution is -2.39. The highest BCUT2D eigenvalue weighted by Gasteiger charge is 2.30. The van der Waals surface area contributed by atoms with Gasteiger partial charge in [-0.3, -0.25) is 9.69 Å². The summed E-state index contributed by atoms with van der Waals surface area (Å²) < 4.78 is 0. The molecule has 1 rings (SSSR count). The van der Waals surface area contributed by atoms with Crippen molar-refractivity contribution in [2.45, 2.75) is 31.3 Å². The van der Waals surface area contributed by atoms with Crippen molar-refractivity contribution in [2.75, 3.05) is 27.7 Å². The Balaban J connectivity index is 2.44. The van der Waals surface area contributed by atoms with Crippen molar-refractivity contribution >= 4 is 5.91 Å². The Morgan fingerprint density at radius 2 is 2.00 bits per heavy atom. The van der Waals surface area contributed by atoms with Gasteiger partial charge >= 0.3 is 0 Å². The first-order chi connectivity index (χ1) is 6.56. The SMILES string of the molecule is CN(C)C(=O)C[C@H]1CC[C@@H](CN)N1C. The zero-order valence-electron chi connectivity index (χ0n) is 9.36. The first-order valence-corrected chi connectivity index (χ1v) is 5.18.